The minimum absolute atomic E-state index is 0.0742. The second-order valence-corrected chi connectivity index (χ2v) is 5.16. The molecule has 1 atom stereocenters. The van der Waals surface area contributed by atoms with Crippen LogP contribution < -0.4 is 5.32 Å². The fourth-order valence-corrected chi connectivity index (χ4v) is 2.32. The molecule has 18 heavy (non-hydrogen) atoms. The smallest absolute Gasteiger partial charge is 0.305 e. The zero-order chi connectivity index (χ0) is 13.1. The standard InChI is InChI=1S/C11H12N4O2S/c1-7-3-4-10(18-7)8(2)14-11-12-5-9(6-13-11)15(16)17/h3-6,8H,1-2H3,(H,12,13,14). The van der Waals surface area contributed by atoms with Crippen molar-refractivity contribution in [2.75, 3.05) is 5.32 Å². The predicted molar refractivity (Wildman–Crippen MR) is 69.8 cm³/mol. The third-order valence-corrected chi connectivity index (χ3v) is 3.57. The van der Waals surface area contributed by atoms with Crippen molar-refractivity contribution in [3.05, 3.63) is 44.4 Å². The monoisotopic (exact) mass is 264 g/mol. The molecule has 0 saturated heterocycles. The molecule has 0 aliphatic carbocycles. The van der Waals surface area contributed by atoms with E-state index < -0.39 is 4.92 Å². The van der Waals surface area contributed by atoms with E-state index in [0.29, 0.717) is 5.95 Å². The van der Waals surface area contributed by atoms with Crippen molar-refractivity contribution in [1.29, 1.82) is 0 Å². The molecule has 0 saturated carbocycles. The lowest BCUT2D eigenvalue weighted by atomic mass is 10.3. The van der Waals surface area contributed by atoms with E-state index in [9.17, 15) is 10.1 Å². The lowest BCUT2D eigenvalue weighted by molar-refractivity contribution is -0.385. The summed E-state index contributed by atoms with van der Waals surface area (Å²) in [5, 5.41) is 13.6. The van der Waals surface area contributed by atoms with Gasteiger partial charge in [0.2, 0.25) is 5.95 Å². The van der Waals surface area contributed by atoms with Gasteiger partial charge in [0.15, 0.2) is 0 Å². The van der Waals surface area contributed by atoms with Crippen LogP contribution in [0.5, 0.6) is 0 Å². The van der Waals surface area contributed by atoms with Gasteiger partial charge >= 0.3 is 5.69 Å². The fourth-order valence-electron chi connectivity index (χ4n) is 1.44. The third kappa shape index (κ3) is 2.80. The third-order valence-electron chi connectivity index (χ3n) is 2.38. The summed E-state index contributed by atoms with van der Waals surface area (Å²) in [6, 6.07) is 4.17. The van der Waals surface area contributed by atoms with Crippen molar-refractivity contribution >= 4 is 23.0 Å². The van der Waals surface area contributed by atoms with Crippen LogP contribution >= 0.6 is 11.3 Å². The minimum Gasteiger partial charge on any atom is -0.347 e. The van der Waals surface area contributed by atoms with E-state index in [4.69, 9.17) is 0 Å². The summed E-state index contributed by atoms with van der Waals surface area (Å²) >= 11 is 1.70. The molecule has 1 unspecified atom stereocenters. The first-order valence-electron chi connectivity index (χ1n) is 5.35. The van der Waals surface area contributed by atoms with Crippen molar-refractivity contribution in [1.82, 2.24) is 9.97 Å². The molecule has 0 fully saturated rings. The number of nitro groups is 1. The van der Waals surface area contributed by atoms with Crippen LogP contribution in [0.4, 0.5) is 11.6 Å². The van der Waals surface area contributed by atoms with Crippen LogP contribution in [0.3, 0.4) is 0 Å². The highest BCUT2D eigenvalue weighted by atomic mass is 32.1. The Hall–Kier alpha value is -2.02. The van der Waals surface area contributed by atoms with E-state index in [-0.39, 0.29) is 11.7 Å². The maximum atomic E-state index is 10.5. The Balaban J connectivity index is 2.07. The van der Waals surface area contributed by atoms with E-state index in [0.717, 1.165) is 0 Å². The Morgan fingerprint density at radius 2 is 2.06 bits per heavy atom. The second kappa shape index (κ2) is 5.09. The molecule has 0 amide bonds. The summed E-state index contributed by atoms with van der Waals surface area (Å²) in [6.45, 7) is 4.04. The highest BCUT2D eigenvalue weighted by molar-refractivity contribution is 7.12. The van der Waals surface area contributed by atoms with Crippen LogP contribution in [0.1, 0.15) is 22.7 Å². The summed E-state index contributed by atoms with van der Waals surface area (Å²) in [5.74, 6) is 0.388. The molecule has 94 valence electrons. The Labute approximate surface area is 108 Å². The van der Waals surface area contributed by atoms with Gasteiger partial charge in [-0.15, -0.1) is 11.3 Å². The number of hydrogen-bond acceptors (Lipinski definition) is 6. The summed E-state index contributed by atoms with van der Waals surface area (Å²) in [6.07, 6.45) is 2.39. The summed E-state index contributed by atoms with van der Waals surface area (Å²) in [5.41, 5.74) is -0.111. The molecule has 0 aliphatic rings. The maximum absolute atomic E-state index is 10.5. The Kier molecular flexibility index (Phi) is 3.52. The highest BCUT2D eigenvalue weighted by Gasteiger charge is 2.11. The molecular formula is C11H12N4O2S. The largest absolute Gasteiger partial charge is 0.347 e. The lowest BCUT2D eigenvalue weighted by Crippen LogP contribution is -2.08. The van der Waals surface area contributed by atoms with Crippen molar-refractivity contribution < 1.29 is 4.92 Å². The molecule has 2 aromatic rings. The van der Waals surface area contributed by atoms with Gasteiger partial charge in [-0.3, -0.25) is 10.1 Å². The minimum atomic E-state index is -0.518. The van der Waals surface area contributed by atoms with Gasteiger partial charge < -0.3 is 5.32 Å². The topological polar surface area (TPSA) is 81.0 Å². The maximum Gasteiger partial charge on any atom is 0.305 e. The van der Waals surface area contributed by atoms with Crippen LogP contribution in [0.15, 0.2) is 24.5 Å². The van der Waals surface area contributed by atoms with Gasteiger partial charge in [0.05, 0.1) is 11.0 Å². The average molecular weight is 264 g/mol. The molecule has 2 aromatic heterocycles. The number of nitrogens with one attached hydrogen (secondary N) is 1. The molecule has 2 heterocycles. The molecule has 0 aliphatic heterocycles. The molecule has 0 spiro atoms. The van der Waals surface area contributed by atoms with Crippen molar-refractivity contribution in [2.24, 2.45) is 0 Å². The number of rotatable bonds is 4. The van der Waals surface area contributed by atoms with Gasteiger partial charge in [0, 0.05) is 9.75 Å². The van der Waals surface area contributed by atoms with Crippen LogP contribution in [-0.2, 0) is 0 Å². The van der Waals surface area contributed by atoms with Gasteiger partial charge in [-0.25, -0.2) is 9.97 Å². The molecule has 0 aromatic carbocycles. The van der Waals surface area contributed by atoms with Crippen LogP contribution in [0.25, 0.3) is 0 Å². The van der Waals surface area contributed by atoms with Crippen molar-refractivity contribution in [2.45, 2.75) is 19.9 Å². The Bertz CT molecular complexity index is 552. The van der Waals surface area contributed by atoms with Gasteiger partial charge in [-0.2, -0.15) is 0 Å². The normalized spacial score (nSPS) is 12.1. The van der Waals surface area contributed by atoms with Crippen LogP contribution in [0.2, 0.25) is 0 Å². The molecule has 2 rings (SSSR count). The number of thiophene rings is 1. The molecule has 7 heteroatoms. The van der Waals surface area contributed by atoms with E-state index in [2.05, 4.69) is 21.4 Å². The summed E-state index contributed by atoms with van der Waals surface area (Å²) < 4.78 is 0. The molecule has 0 bridgehead atoms. The highest BCUT2D eigenvalue weighted by Crippen LogP contribution is 2.24. The molecule has 0 radical (unpaired) electrons. The number of aryl methyl sites for hydroxylation is 1. The van der Waals surface area contributed by atoms with Gasteiger partial charge in [-0.05, 0) is 26.0 Å². The summed E-state index contributed by atoms with van der Waals surface area (Å²) in [7, 11) is 0. The van der Waals surface area contributed by atoms with E-state index in [1.165, 1.54) is 22.1 Å². The van der Waals surface area contributed by atoms with Gasteiger partial charge in [0.1, 0.15) is 12.4 Å². The van der Waals surface area contributed by atoms with Crippen molar-refractivity contribution in [3.63, 3.8) is 0 Å². The Morgan fingerprint density at radius 3 is 2.56 bits per heavy atom. The quantitative estimate of drug-likeness (QED) is 0.678. The number of anilines is 1. The fraction of sp³-hybridized carbons (Fsp3) is 0.273. The molecule has 1 N–H and O–H groups in total. The van der Waals surface area contributed by atoms with Crippen molar-refractivity contribution in [3.8, 4) is 0 Å². The number of nitrogens with zero attached hydrogens (tertiary/aromatic N) is 3. The van der Waals surface area contributed by atoms with E-state index in [1.807, 2.05) is 19.9 Å². The number of hydrogen-bond donors (Lipinski definition) is 1. The first-order valence-corrected chi connectivity index (χ1v) is 6.17. The second-order valence-electron chi connectivity index (χ2n) is 3.84. The molecular weight excluding hydrogens is 252 g/mol. The van der Waals surface area contributed by atoms with E-state index in [1.54, 1.807) is 11.3 Å². The average Bonchev–Trinajstić information content (AvgIpc) is 2.76. The van der Waals surface area contributed by atoms with Crippen LogP contribution in [-0.4, -0.2) is 14.9 Å². The first kappa shape index (κ1) is 12.4. The SMILES string of the molecule is Cc1ccc(C(C)Nc2ncc([N+](=O)[O-])cn2)s1. The summed E-state index contributed by atoms with van der Waals surface area (Å²) in [4.78, 5) is 20.2. The zero-order valence-corrected chi connectivity index (χ0v) is 10.8. The van der Waals surface area contributed by atoms with Gasteiger partial charge in [-0.1, -0.05) is 0 Å². The lowest BCUT2D eigenvalue weighted by Gasteiger charge is -2.11. The first-order chi connectivity index (χ1) is 8.56. The number of aromatic nitrogens is 2. The Morgan fingerprint density at radius 1 is 1.39 bits per heavy atom. The predicted octanol–water partition coefficient (Wildman–Crippen LogP) is 2.93. The van der Waals surface area contributed by atoms with Gasteiger partial charge in [0.25, 0.3) is 0 Å². The van der Waals surface area contributed by atoms with Crippen LogP contribution in [0, 0.1) is 17.0 Å². The zero-order valence-electron chi connectivity index (χ0n) is 9.95. The van der Waals surface area contributed by atoms with E-state index >= 15 is 0 Å². The molecule has 6 nitrogen and oxygen atoms in total.